The number of benzene rings is 1. The highest BCUT2D eigenvalue weighted by Crippen LogP contribution is 2.44. The number of non-ortho nitro benzene ring substituents is 1. The fourth-order valence-corrected chi connectivity index (χ4v) is 6.23. The van der Waals surface area contributed by atoms with Crippen molar-refractivity contribution < 1.29 is 9.72 Å². The summed E-state index contributed by atoms with van der Waals surface area (Å²) in [5.74, 6) is 0.535. The number of amides is 1. The van der Waals surface area contributed by atoms with Crippen molar-refractivity contribution in [1.82, 2.24) is 10.2 Å². The van der Waals surface area contributed by atoms with Crippen LogP contribution in [0.25, 0.3) is 0 Å². The van der Waals surface area contributed by atoms with Crippen molar-refractivity contribution >= 4 is 51.2 Å². The molecule has 0 bridgehead atoms. The molecule has 2 aromatic heterocycles. The van der Waals surface area contributed by atoms with E-state index in [1.165, 1.54) is 29.2 Å². The number of aromatic nitrogens is 2. The van der Waals surface area contributed by atoms with E-state index in [1.807, 2.05) is 23.6 Å². The van der Waals surface area contributed by atoms with Gasteiger partial charge in [0.05, 0.1) is 10.3 Å². The highest BCUT2D eigenvalue weighted by atomic mass is 32.2. The number of nitrogens with one attached hydrogen (secondary N) is 1. The summed E-state index contributed by atoms with van der Waals surface area (Å²) in [5, 5.41) is 24.6. The third kappa shape index (κ3) is 4.34. The van der Waals surface area contributed by atoms with Gasteiger partial charge in [0.25, 0.3) is 5.69 Å². The number of hydrogen-bond acceptors (Lipinski definition) is 8. The van der Waals surface area contributed by atoms with E-state index in [0.717, 1.165) is 36.1 Å². The van der Waals surface area contributed by atoms with Gasteiger partial charge in [-0.05, 0) is 29.9 Å². The molecule has 29 heavy (non-hydrogen) atoms. The summed E-state index contributed by atoms with van der Waals surface area (Å²) in [6.45, 7) is 0. The number of carbonyl (C=O) groups excluding carboxylic acids is 1. The first-order valence-corrected chi connectivity index (χ1v) is 11.8. The third-order valence-corrected chi connectivity index (χ3v) is 8.11. The van der Waals surface area contributed by atoms with E-state index in [9.17, 15) is 14.9 Å². The number of carbonyl (C=O) groups is 1. The Morgan fingerprint density at radius 1 is 1.24 bits per heavy atom. The van der Waals surface area contributed by atoms with Gasteiger partial charge in [-0.2, -0.15) is 0 Å². The van der Waals surface area contributed by atoms with Crippen LogP contribution in [-0.2, 0) is 16.0 Å². The maximum absolute atomic E-state index is 13.1. The van der Waals surface area contributed by atoms with E-state index in [-0.39, 0.29) is 11.6 Å². The lowest BCUT2D eigenvalue weighted by Crippen LogP contribution is -2.37. The van der Waals surface area contributed by atoms with Crippen LogP contribution < -0.4 is 5.32 Å². The molecule has 150 valence electrons. The lowest BCUT2D eigenvalue weighted by atomic mass is 9.83. The van der Waals surface area contributed by atoms with Crippen molar-refractivity contribution in [2.75, 3.05) is 5.32 Å². The Hall–Kier alpha value is -2.30. The van der Waals surface area contributed by atoms with Crippen LogP contribution in [0.1, 0.15) is 36.1 Å². The zero-order valence-electron chi connectivity index (χ0n) is 15.4. The van der Waals surface area contributed by atoms with Gasteiger partial charge in [0.15, 0.2) is 4.34 Å². The van der Waals surface area contributed by atoms with Crippen molar-refractivity contribution in [2.45, 2.75) is 41.2 Å². The van der Waals surface area contributed by atoms with Crippen molar-refractivity contribution in [3.63, 3.8) is 0 Å². The molecule has 1 fully saturated rings. The lowest BCUT2D eigenvalue weighted by Gasteiger charge is -2.25. The molecule has 0 saturated heterocycles. The number of anilines is 1. The Morgan fingerprint density at radius 2 is 2.07 bits per heavy atom. The molecule has 4 rings (SSSR count). The van der Waals surface area contributed by atoms with Crippen LogP contribution in [0.2, 0.25) is 0 Å². The molecule has 1 saturated carbocycles. The monoisotopic (exact) mass is 446 g/mol. The first-order chi connectivity index (χ1) is 14.1. The number of nitrogens with zero attached hydrogens (tertiary/aromatic N) is 3. The van der Waals surface area contributed by atoms with Gasteiger partial charge in [-0.3, -0.25) is 20.2 Å². The van der Waals surface area contributed by atoms with Crippen LogP contribution >= 0.6 is 34.4 Å². The molecule has 1 aromatic carbocycles. The van der Waals surface area contributed by atoms with Crippen molar-refractivity contribution in [2.24, 2.45) is 0 Å². The minimum absolute atomic E-state index is 0.0103. The molecule has 1 N–H and O–H groups in total. The number of thioether (sulfide) groups is 1. The predicted molar refractivity (Wildman–Crippen MR) is 116 cm³/mol. The number of thiophene rings is 1. The molecule has 1 aliphatic carbocycles. The van der Waals surface area contributed by atoms with Gasteiger partial charge in [0.2, 0.25) is 11.0 Å². The number of hydrogen-bond donors (Lipinski definition) is 1. The number of nitro groups is 1. The highest BCUT2D eigenvalue weighted by Gasteiger charge is 2.43. The topological polar surface area (TPSA) is 98.0 Å². The van der Waals surface area contributed by atoms with Gasteiger partial charge in [0, 0.05) is 22.8 Å². The third-order valence-electron chi connectivity index (χ3n) is 5.00. The maximum Gasteiger partial charge on any atom is 0.269 e. The smallest absolute Gasteiger partial charge is 0.269 e. The fourth-order valence-electron chi connectivity index (χ4n) is 3.56. The minimum Gasteiger partial charge on any atom is -0.300 e. The first kappa shape index (κ1) is 20.0. The number of nitro benzene ring substituents is 1. The Balaban J connectivity index is 1.41. The summed E-state index contributed by atoms with van der Waals surface area (Å²) >= 11 is 4.39. The summed E-state index contributed by atoms with van der Waals surface area (Å²) in [6.07, 6.45) is 3.80. The highest BCUT2D eigenvalue weighted by molar-refractivity contribution is 8.00. The second-order valence-electron chi connectivity index (χ2n) is 6.81. The fraction of sp³-hybridized carbons (Fsp3) is 0.316. The normalized spacial score (nSPS) is 15.3. The molecule has 1 amide bonds. The van der Waals surface area contributed by atoms with Crippen molar-refractivity contribution in [3.8, 4) is 0 Å². The SMILES string of the molecule is O=C(Nc1nnc(SCc2cccc([N+](=O)[O-])c2)s1)C1(c2cccs2)CCCC1. The van der Waals surface area contributed by atoms with Gasteiger partial charge >= 0.3 is 0 Å². The molecule has 2 heterocycles. The number of rotatable bonds is 7. The molecule has 0 aliphatic heterocycles. The van der Waals surface area contributed by atoms with E-state index in [1.54, 1.807) is 23.5 Å². The molecule has 3 aromatic rings. The molecule has 0 unspecified atom stereocenters. The second-order valence-corrected chi connectivity index (χ2v) is 9.96. The quantitative estimate of drug-likeness (QED) is 0.230. The molecule has 10 heteroatoms. The Bertz CT molecular complexity index is 1010. The molecule has 1 aliphatic rings. The van der Waals surface area contributed by atoms with E-state index in [4.69, 9.17) is 0 Å². The van der Waals surface area contributed by atoms with E-state index < -0.39 is 10.3 Å². The molecular weight excluding hydrogens is 428 g/mol. The summed E-state index contributed by atoms with van der Waals surface area (Å²) in [7, 11) is 0. The van der Waals surface area contributed by atoms with Gasteiger partial charge in [-0.1, -0.05) is 54.1 Å². The zero-order valence-corrected chi connectivity index (χ0v) is 17.8. The average Bonchev–Trinajstić information content (AvgIpc) is 3.47. The molecule has 7 nitrogen and oxygen atoms in total. The van der Waals surface area contributed by atoms with Gasteiger partial charge in [0.1, 0.15) is 0 Å². The van der Waals surface area contributed by atoms with Crippen LogP contribution in [0.15, 0.2) is 46.1 Å². The maximum atomic E-state index is 13.1. The van der Waals surface area contributed by atoms with E-state index >= 15 is 0 Å². The summed E-state index contributed by atoms with van der Waals surface area (Å²) in [6, 6.07) is 10.6. The lowest BCUT2D eigenvalue weighted by molar-refractivity contribution is -0.384. The van der Waals surface area contributed by atoms with Crippen molar-refractivity contribution in [1.29, 1.82) is 0 Å². The average molecular weight is 447 g/mol. The zero-order chi connectivity index (χ0) is 20.3. The Kier molecular flexibility index (Phi) is 5.93. The van der Waals surface area contributed by atoms with Crippen LogP contribution in [-0.4, -0.2) is 21.0 Å². The Labute approximate surface area is 179 Å². The van der Waals surface area contributed by atoms with Crippen LogP contribution in [0.5, 0.6) is 0 Å². The summed E-state index contributed by atoms with van der Waals surface area (Å²) in [4.78, 5) is 24.7. The van der Waals surface area contributed by atoms with E-state index in [0.29, 0.717) is 15.2 Å². The van der Waals surface area contributed by atoms with Crippen LogP contribution in [0.3, 0.4) is 0 Å². The molecule has 0 atom stereocenters. The second kappa shape index (κ2) is 8.60. The van der Waals surface area contributed by atoms with Gasteiger partial charge in [-0.25, -0.2) is 0 Å². The van der Waals surface area contributed by atoms with E-state index in [2.05, 4.69) is 15.5 Å². The van der Waals surface area contributed by atoms with Crippen LogP contribution in [0, 0.1) is 10.1 Å². The Morgan fingerprint density at radius 3 is 2.79 bits per heavy atom. The van der Waals surface area contributed by atoms with Crippen LogP contribution in [0.4, 0.5) is 10.8 Å². The summed E-state index contributed by atoms with van der Waals surface area (Å²) < 4.78 is 0.711. The van der Waals surface area contributed by atoms with Gasteiger partial charge < -0.3 is 0 Å². The largest absolute Gasteiger partial charge is 0.300 e. The molecule has 0 spiro atoms. The predicted octanol–water partition coefficient (Wildman–Crippen LogP) is 5.25. The van der Waals surface area contributed by atoms with Gasteiger partial charge in [-0.15, -0.1) is 21.5 Å². The summed E-state index contributed by atoms with van der Waals surface area (Å²) in [5.41, 5.74) is 0.451. The minimum atomic E-state index is -0.462. The van der Waals surface area contributed by atoms with Crippen molar-refractivity contribution in [3.05, 3.63) is 62.3 Å². The molecule has 0 radical (unpaired) electrons. The first-order valence-electron chi connectivity index (χ1n) is 9.12. The standard InChI is InChI=1S/C19H18N4O3S3/c24-16(19(8-1-2-9-19)15-7-4-10-27-15)20-17-21-22-18(29-17)28-12-13-5-3-6-14(11-13)23(25)26/h3-7,10-11H,1-2,8-9,12H2,(H,20,21,24). The molecular formula is C19H18N4O3S3.